The molecule has 2 aliphatic rings. The lowest BCUT2D eigenvalue weighted by Crippen LogP contribution is -2.40. The summed E-state index contributed by atoms with van der Waals surface area (Å²) in [7, 11) is -1.97. The molecule has 4 rings (SSSR count). The fourth-order valence-corrected chi connectivity index (χ4v) is 5.22. The quantitative estimate of drug-likeness (QED) is 0.801. The van der Waals surface area contributed by atoms with Crippen LogP contribution in [-0.4, -0.2) is 51.8 Å². The highest BCUT2D eigenvalue weighted by molar-refractivity contribution is 7.89. The molecular weight excluding hydrogens is 330 g/mol. The minimum Gasteiger partial charge on any atom is -0.339 e. The predicted molar refractivity (Wildman–Crippen MR) is 85.6 cm³/mol. The van der Waals surface area contributed by atoms with Gasteiger partial charge >= 0.3 is 0 Å². The number of nitrogens with zero attached hydrogens (tertiary/aromatic N) is 5. The van der Waals surface area contributed by atoms with Crippen LogP contribution < -0.4 is 4.90 Å². The van der Waals surface area contributed by atoms with Crippen molar-refractivity contribution in [1.82, 2.24) is 18.8 Å². The first-order valence-electron chi connectivity index (χ1n) is 7.70. The van der Waals surface area contributed by atoms with Crippen LogP contribution in [0, 0.1) is 0 Å². The first-order chi connectivity index (χ1) is 11.5. The van der Waals surface area contributed by atoms with Crippen LogP contribution >= 0.6 is 0 Å². The van der Waals surface area contributed by atoms with E-state index >= 15 is 0 Å². The molecule has 9 heteroatoms. The highest BCUT2D eigenvalue weighted by atomic mass is 32.2. The Morgan fingerprint density at radius 3 is 2.79 bits per heavy atom. The molecule has 2 aliphatic heterocycles. The van der Waals surface area contributed by atoms with E-state index in [0.29, 0.717) is 18.7 Å². The fourth-order valence-electron chi connectivity index (χ4n) is 3.58. The van der Waals surface area contributed by atoms with Crippen LogP contribution in [0.2, 0.25) is 0 Å². The molecule has 0 spiro atoms. The van der Waals surface area contributed by atoms with Gasteiger partial charge in [-0.1, -0.05) is 0 Å². The number of imidazole rings is 1. The number of amides is 1. The van der Waals surface area contributed by atoms with Gasteiger partial charge in [0.2, 0.25) is 5.91 Å². The molecule has 0 radical (unpaired) electrons. The number of rotatable bonds is 3. The van der Waals surface area contributed by atoms with Gasteiger partial charge in [-0.2, -0.15) is 4.31 Å². The van der Waals surface area contributed by atoms with Crippen LogP contribution in [0.4, 0.5) is 5.69 Å². The van der Waals surface area contributed by atoms with Crippen molar-refractivity contribution < 1.29 is 13.2 Å². The molecule has 0 N–H and O–H groups in total. The molecule has 2 saturated heterocycles. The van der Waals surface area contributed by atoms with E-state index in [1.807, 2.05) is 6.07 Å². The van der Waals surface area contributed by atoms with Crippen molar-refractivity contribution in [2.75, 3.05) is 11.4 Å². The number of hydrogen-bond acceptors (Lipinski definition) is 5. The van der Waals surface area contributed by atoms with Crippen LogP contribution in [0.15, 0.2) is 42.1 Å². The lowest BCUT2D eigenvalue weighted by molar-refractivity contribution is -0.117. The van der Waals surface area contributed by atoms with Crippen molar-refractivity contribution in [3.8, 4) is 0 Å². The number of fused-ring (bicyclic) bond motifs is 1. The molecule has 24 heavy (non-hydrogen) atoms. The monoisotopic (exact) mass is 347 g/mol. The molecule has 2 aromatic heterocycles. The Labute approximate surface area is 139 Å². The maximum atomic E-state index is 12.8. The van der Waals surface area contributed by atoms with E-state index in [1.54, 1.807) is 35.0 Å². The van der Waals surface area contributed by atoms with E-state index in [1.165, 1.54) is 16.8 Å². The molecule has 2 fully saturated rings. The maximum Gasteiger partial charge on any atom is 0.262 e. The van der Waals surface area contributed by atoms with Crippen molar-refractivity contribution in [3.05, 3.63) is 37.1 Å². The third kappa shape index (κ3) is 2.23. The minimum absolute atomic E-state index is 0.0259. The number of carbonyl (C=O) groups is 1. The third-order valence-electron chi connectivity index (χ3n) is 4.62. The van der Waals surface area contributed by atoms with Crippen molar-refractivity contribution in [1.29, 1.82) is 0 Å². The molecule has 8 nitrogen and oxygen atoms in total. The standard InChI is InChI=1S/C15H17N5O3S/c1-18-9-14(17-10-18)24(22,23)19-6-4-12-13(19)7-15(21)20(12)11-3-2-5-16-8-11/h2-3,5,8-10,12-13H,4,6-7H2,1H3/t12-,13+/m1/s1. The summed E-state index contributed by atoms with van der Waals surface area (Å²) < 4.78 is 28.7. The molecule has 0 bridgehead atoms. The zero-order valence-electron chi connectivity index (χ0n) is 13.1. The van der Waals surface area contributed by atoms with E-state index < -0.39 is 10.0 Å². The normalized spacial score (nSPS) is 24.5. The SMILES string of the molecule is Cn1cnc(S(=O)(=O)N2CC[C@@H]3[C@@H]2CC(=O)N3c2cccnc2)c1. The van der Waals surface area contributed by atoms with Gasteiger partial charge in [-0.25, -0.2) is 13.4 Å². The highest BCUT2D eigenvalue weighted by Crippen LogP contribution is 2.38. The van der Waals surface area contributed by atoms with Crippen LogP contribution in [0.5, 0.6) is 0 Å². The van der Waals surface area contributed by atoms with Gasteiger partial charge in [-0.05, 0) is 18.6 Å². The predicted octanol–water partition coefficient (Wildman–Crippen LogP) is 0.384. The second-order valence-electron chi connectivity index (χ2n) is 6.10. The Bertz CT molecular complexity index is 880. The summed E-state index contributed by atoms with van der Waals surface area (Å²) in [6, 6.07) is 3.08. The molecule has 4 heterocycles. The molecule has 0 aromatic carbocycles. The molecule has 0 saturated carbocycles. The van der Waals surface area contributed by atoms with Gasteiger partial charge in [0.1, 0.15) is 0 Å². The Morgan fingerprint density at radius 2 is 2.12 bits per heavy atom. The number of aryl methyl sites for hydroxylation is 1. The molecule has 1 amide bonds. The van der Waals surface area contributed by atoms with Crippen LogP contribution in [-0.2, 0) is 21.9 Å². The number of pyridine rings is 1. The molecule has 2 aromatic rings. The minimum atomic E-state index is -3.69. The van der Waals surface area contributed by atoms with E-state index in [0.717, 1.165) is 0 Å². The zero-order chi connectivity index (χ0) is 16.9. The van der Waals surface area contributed by atoms with Crippen LogP contribution in [0.1, 0.15) is 12.8 Å². The topological polar surface area (TPSA) is 88.4 Å². The average Bonchev–Trinajstić information content (AvgIpc) is 3.23. The largest absolute Gasteiger partial charge is 0.339 e. The summed E-state index contributed by atoms with van der Waals surface area (Å²) in [4.78, 5) is 22.2. The van der Waals surface area contributed by atoms with Gasteiger partial charge in [-0.3, -0.25) is 9.78 Å². The smallest absolute Gasteiger partial charge is 0.262 e. The molecular formula is C15H17N5O3S. The van der Waals surface area contributed by atoms with E-state index in [9.17, 15) is 13.2 Å². The second-order valence-corrected chi connectivity index (χ2v) is 7.93. The van der Waals surface area contributed by atoms with E-state index in [-0.39, 0.29) is 29.4 Å². The van der Waals surface area contributed by atoms with Crippen molar-refractivity contribution in [2.45, 2.75) is 30.0 Å². The highest BCUT2D eigenvalue weighted by Gasteiger charge is 2.51. The summed E-state index contributed by atoms with van der Waals surface area (Å²) in [5, 5.41) is 0.0259. The Hall–Kier alpha value is -2.26. The van der Waals surface area contributed by atoms with Gasteiger partial charge < -0.3 is 9.47 Å². The van der Waals surface area contributed by atoms with Crippen LogP contribution in [0.25, 0.3) is 0 Å². The van der Waals surface area contributed by atoms with Crippen LogP contribution in [0.3, 0.4) is 0 Å². The summed E-state index contributed by atoms with van der Waals surface area (Å²) in [6.45, 7) is 0.387. The lowest BCUT2D eigenvalue weighted by Gasteiger charge is -2.24. The van der Waals surface area contributed by atoms with Crippen molar-refractivity contribution >= 4 is 21.6 Å². The molecule has 126 valence electrons. The number of carbonyl (C=O) groups excluding carboxylic acids is 1. The molecule has 0 aliphatic carbocycles. The maximum absolute atomic E-state index is 12.8. The summed E-state index contributed by atoms with van der Waals surface area (Å²) in [5.41, 5.74) is 0.715. The lowest BCUT2D eigenvalue weighted by atomic mass is 10.1. The first kappa shape index (κ1) is 15.3. The zero-order valence-corrected chi connectivity index (χ0v) is 13.9. The summed E-state index contributed by atoms with van der Waals surface area (Å²) >= 11 is 0. The van der Waals surface area contributed by atoms with Gasteiger partial charge in [-0.15, -0.1) is 0 Å². The third-order valence-corrected chi connectivity index (χ3v) is 6.43. The van der Waals surface area contributed by atoms with E-state index in [4.69, 9.17) is 0 Å². The second kappa shape index (κ2) is 5.38. The van der Waals surface area contributed by atoms with Crippen molar-refractivity contribution in [2.24, 2.45) is 7.05 Å². The molecule has 2 atom stereocenters. The Kier molecular flexibility index (Phi) is 3.43. The van der Waals surface area contributed by atoms with Gasteiger partial charge in [0.15, 0.2) is 5.03 Å². The average molecular weight is 347 g/mol. The van der Waals surface area contributed by atoms with E-state index in [2.05, 4.69) is 9.97 Å². The molecule has 0 unspecified atom stereocenters. The first-order valence-corrected chi connectivity index (χ1v) is 9.14. The Balaban J connectivity index is 1.66. The number of anilines is 1. The summed E-state index contributed by atoms with van der Waals surface area (Å²) in [6.07, 6.45) is 7.02. The number of aromatic nitrogens is 3. The number of sulfonamides is 1. The van der Waals surface area contributed by atoms with Gasteiger partial charge in [0.25, 0.3) is 10.0 Å². The fraction of sp³-hybridized carbons (Fsp3) is 0.400. The number of hydrogen-bond donors (Lipinski definition) is 0. The van der Waals surface area contributed by atoms with Gasteiger partial charge in [0, 0.05) is 32.4 Å². The van der Waals surface area contributed by atoms with Crippen molar-refractivity contribution in [3.63, 3.8) is 0 Å². The summed E-state index contributed by atoms with van der Waals surface area (Å²) in [5.74, 6) is -0.0704. The van der Waals surface area contributed by atoms with Gasteiger partial charge in [0.05, 0.1) is 30.3 Å². The Morgan fingerprint density at radius 1 is 1.29 bits per heavy atom.